The van der Waals surface area contributed by atoms with Crippen LogP contribution in [0.5, 0.6) is 0 Å². The molecule has 1 aliphatic heterocycles. The number of nitrogens with zero attached hydrogens (tertiary/aromatic N) is 1. The summed E-state index contributed by atoms with van der Waals surface area (Å²) in [6.07, 6.45) is 0.0759. The van der Waals surface area contributed by atoms with E-state index in [0.717, 1.165) is 23.1 Å². The zero-order chi connectivity index (χ0) is 13.8. The fourth-order valence-corrected chi connectivity index (χ4v) is 2.79. The van der Waals surface area contributed by atoms with Crippen LogP contribution in [0.4, 0.5) is 0 Å². The number of aryl methyl sites for hydroxylation is 1. The third kappa shape index (κ3) is 3.78. The Balaban J connectivity index is 2.01. The molecule has 1 aromatic rings. The van der Waals surface area contributed by atoms with Crippen LogP contribution in [-0.2, 0) is 4.74 Å². The predicted molar refractivity (Wildman–Crippen MR) is 78.4 cm³/mol. The molecule has 0 spiro atoms. The van der Waals surface area contributed by atoms with Crippen LogP contribution in [0.15, 0.2) is 22.7 Å². The van der Waals surface area contributed by atoms with Crippen molar-refractivity contribution >= 4 is 21.8 Å². The molecule has 1 fully saturated rings. The van der Waals surface area contributed by atoms with Crippen molar-refractivity contribution in [1.82, 2.24) is 10.2 Å². The van der Waals surface area contributed by atoms with Crippen molar-refractivity contribution in [3.8, 4) is 0 Å². The van der Waals surface area contributed by atoms with E-state index in [1.807, 2.05) is 32.2 Å². The monoisotopic (exact) mass is 326 g/mol. The number of benzene rings is 1. The molecular formula is C14H19BrN2O2. The van der Waals surface area contributed by atoms with E-state index in [1.165, 1.54) is 0 Å². The number of carbonyl (C=O) groups is 1. The molecule has 0 saturated carbocycles. The van der Waals surface area contributed by atoms with Crippen LogP contribution in [0.3, 0.4) is 0 Å². The van der Waals surface area contributed by atoms with Gasteiger partial charge in [-0.1, -0.05) is 6.07 Å². The Morgan fingerprint density at radius 1 is 1.58 bits per heavy atom. The zero-order valence-electron chi connectivity index (χ0n) is 11.3. The first-order chi connectivity index (χ1) is 9.08. The van der Waals surface area contributed by atoms with Crippen LogP contribution in [-0.4, -0.2) is 50.2 Å². The highest BCUT2D eigenvalue weighted by molar-refractivity contribution is 9.10. The van der Waals surface area contributed by atoms with Crippen molar-refractivity contribution in [3.63, 3.8) is 0 Å². The standard InChI is InChI=1S/C14H19BrN2O2/c1-10-3-4-12(13(15)7-10)14(18)17(2)9-11-8-16-5-6-19-11/h3-4,7,11,16H,5-6,8-9H2,1-2H3. The second kappa shape index (κ2) is 6.50. The molecule has 1 aromatic carbocycles. The van der Waals surface area contributed by atoms with Crippen molar-refractivity contribution < 1.29 is 9.53 Å². The summed E-state index contributed by atoms with van der Waals surface area (Å²) in [4.78, 5) is 14.1. The summed E-state index contributed by atoms with van der Waals surface area (Å²) in [5.74, 6) is 0.0149. The van der Waals surface area contributed by atoms with E-state index in [9.17, 15) is 4.79 Å². The van der Waals surface area contributed by atoms with E-state index in [0.29, 0.717) is 18.7 Å². The summed E-state index contributed by atoms with van der Waals surface area (Å²) >= 11 is 3.45. The average molecular weight is 327 g/mol. The summed E-state index contributed by atoms with van der Waals surface area (Å²) < 4.78 is 6.46. The fourth-order valence-electron chi connectivity index (χ4n) is 2.12. The number of hydrogen-bond donors (Lipinski definition) is 1. The van der Waals surface area contributed by atoms with Gasteiger partial charge in [0.2, 0.25) is 0 Å². The largest absolute Gasteiger partial charge is 0.374 e. The van der Waals surface area contributed by atoms with Crippen LogP contribution in [0, 0.1) is 6.92 Å². The number of halogens is 1. The fraction of sp³-hybridized carbons (Fsp3) is 0.500. The smallest absolute Gasteiger partial charge is 0.254 e. The number of amides is 1. The molecule has 104 valence electrons. The Morgan fingerprint density at radius 3 is 3.00 bits per heavy atom. The number of morpholine rings is 1. The van der Waals surface area contributed by atoms with Gasteiger partial charge in [0, 0.05) is 31.2 Å². The normalized spacial score (nSPS) is 19.2. The molecule has 1 unspecified atom stereocenters. The van der Waals surface area contributed by atoms with Crippen LogP contribution in [0.25, 0.3) is 0 Å². The molecule has 5 heteroatoms. The molecule has 1 saturated heterocycles. The number of hydrogen-bond acceptors (Lipinski definition) is 3. The lowest BCUT2D eigenvalue weighted by molar-refractivity contribution is 0.0103. The number of likely N-dealkylation sites (N-methyl/N-ethyl adjacent to an activating group) is 1. The van der Waals surface area contributed by atoms with Crippen molar-refractivity contribution in [2.75, 3.05) is 33.3 Å². The summed E-state index contributed by atoms with van der Waals surface area (Å²) in [7, 11) is 1.81. The Labute approximate surface area is 122 Å². The topological polar surface area (TPSA) is 41.6 Å². The lowest BCUT2D eigenvalue weighted by atomic mass is 10.1. The lowest BCUT2D eigenvalue weighted by Crippen LogP contribution is -2.45. The van der Waals surface area contributed by atoms with E-state index in [2.05, 4.69) is 21.2 Å². The number of carbonyl (C=O) groups excluding carboxylic acids is 1. The molecule has 19 heavy (non-hydrogen) atoms. The van der Waals surface area contributed by atoms with Gasteiger partial charge in [-0.2, -0.15) is 0 Å². The van der Waals surface area contributed by atoms with Crippen LogP contribution in [0.1, 0.15) is 15.9 Å². The van der Waals surface area contributed by atoms with Gasteiger partial charge >= 0.3 is 0 Å². The molecule has 2 rings (SSSR count). The second-order valence-electron chi connectivity index (χ2n) is 4.87. The summed E-state index contributed by atoms with van der Waals surface area (Å²) in [6, 6.07) is 5.77. The summed E-state index contributed by atoms with van der Waals surface area (Å²) in [5.41, 5.74) is 1.82. The van der Waals surface area contributed by atoms with Gasteiger partial charge in [0.25, 0.3) is 5.91 Å². The van der Waals surface area contributed by atoms with Crippen molar-refractivity contribution in [2.24, 2.45) is 0 Å². The SMILES string of the molecule is Cc1ccc(C(=O)N(C)CC2CNCCO2)c(Br)c1. The Kier molecular flexibility index (Phi) is 4.96. The van der Waals surface area contributed by atoms with Gasteiger partial charge in [0.1, 0.15) is 0 Å². The van der Waals surface area contributed by atoms with E-state index in [4.69, 9.17) is 4.74 Å². The zero-order valence-corrected chi connectivity index (χ0v) is 12.9. The van der Waals surface area contributed by atoms with Gasteiger partial charge in [-0.25, -0.2) is 0 Å². The van der Waals surface area contributed by atoms with Gasteiger partial charge in [-0.3, -0.25) is 4.79 Å². The average Bonchev–Trinajstić information content (AvgIpc) is 2.39. The molecule has 1 aliphatic rings. The van der Waals surface area contributed by atoms with Crippen molar-refractivity contribution in [1.29, 1.82) is 0 Å². The van der Waals surface area contributed by atoms with Crippen molar-refractivity contribution in [2.45, 2.75) is 13.0 Å². The molecule has 1 heterocycles. The third-order valence-electron chi connectivity index (χ3n) is 3.18. The van der Waals surface area contributed by atoms with Gasteiger partial charge < -0.3 is 15.0 Å². The molecule has 1 atom stereocenters. The number of rotatable bonds is 3. The third-order valence-corrected chi connectivity index (χ3v) is 3.84. The van der Waals surface area contributed by atoms with Gasteiger partial charge in [-0.15, -0.1) is 0 Å². The van der Waals surface area contributed by atoms with Gasteiger partial charge in [0.05, 0.1) is 18.3 Å². The highest BCUT2D eigenvalue weighted by atomic mass is 79.9. The first-order valence-corrected chi connectivity index (χ1v) is 7.21. The van der Waals surface area contributed by atoms with E-state index in [1.54, 1.807) is 4.90 Å². The second-order valence-corrected chi connectivity index (χ2v) is 5.72. The first-order valence-electron chi connectivity index (χ1n) is 6.42. The Morgan fingerprint density at radius 2 is 2.37 bits per heavy atom. The molecule has 0 aliphatic carbocycles. The molecule has 1 amide bonds. The molecule has 0 aromatic heterocycles. The van der Waals surface area contributed by atoms with Crippen LogP contribution < -0.4 is 5.32 Å². The first kappa shape index (κ1) is 14.5. The molecule has 4 nitrogen and oxygen atoms in total. The maximum Gasteiger partial charge on any atom is 0.254 e. The minimum absolute atomic E-state index is 0.0149. The van der Waals surface area contributed by atoms with Crippen LogP contribution in [0.2, 0.25) is 0 Å². The van der Waals surface area contributed by atoms with Crippen molar-refractivity contribution in [3.05, 3.63) is 33.8 Å². The summed E-state index contributed by atoms with van der Waals surface area (Å²) in [5, 5.41) is 3.27. The minimum atomic E-state index is 0.0149. The van der Waals surface area contributed by atoms with E-state index < -0.39 is 0 Å². The molecule has 0 radical (unpaired) electrons. The van der Waals surface area contributed by atoms with E-state index >= 15 is 0 Å². The van der Waals surface area contributed by atoms with E-state index in [-0.39, 0.29) is 12.0 Å². The predicted octanol–water partition coefficient (Wildman–Crippen LogP) is 1.82. The lowest BCUT2D eigenvalue weighted by Gasteiger charge is -2.28. The van der Waals surface area contributed by atoms with Gasteiger partial charge in [-0.05, 0) is 40.5 Å². The maximum absolute atomic E-state index is 12.4. The minimum Gasteiger partial charge on any atom is -0.374 e. The Bertz CT molecular complexity index is 459. The molecule has 1 N–H and O–H groups in total. The highest BCUT2D eigenvalue weighted by Gasteiger charge is 2.20. The van der Waals surface area contributed by atoms with Crippen LogP contribution >= 0.6 is 15.9 Å². The van der Waals surface area contributed by atoms with Gasteiger partial charge in [0.15, 0.2) is 0 Å². The molecular weight excluding hydrogens is 308 g/mol. The Hall–Kier alpha value is -0.910. The quantitative estimate of drug-likeness (QED) is 0.921. The highest BCUT2D eigenvalue weighted by Crippen LogP contribution is 2.20. The number of ether oxygens (including phenoxy) is 1. The summed E-state index contributed by atoms with van der Waals surface area (Å²) in [6.45, 7) is 5.00. The maximum atomic E-state index is 12.4. The molecule has 0 bridgehead atoms. The number of nitrogens with one attached hydrogen (secondary N) is 1.